The van der Waals surface area contributed by atoms with Crippen molar-refractivity contribution < 1.29 is 0 Å². The summed E-state index contributed by atoms with van der Waals surface area (Å²) in [4.78, 5) is 0. The quantitative estimate of drug-likeness (QED) is 0.287. The van der Waals surface area contributed by atoms with Crippen LogP contribution in [0.15, 0.2) is 0 Å². The van der Waals surface area contributed by atoms with Gasteiger partial charge in [-0.15, -0.1) is 0 Å². The molecular formula is C23H41Sn. The summed E-state index contributed by atoms with van der Waals surface area (Å²) < 4.78 is 1.49. The van der Waals surface area contributed by atoms with Gasteiger partial charge >= 0.3 is 166 Å². The molecule has 0 unspecified atom stereocenters. The van der Waals surface area contributed by atoms with Gasteiger partial charge in [0.1, 0.15) is 0 Å². The van der Waals surface area contributed by atoms with Crippen molar-refractivity contribution >= 4 is 22.5 Å². The van der Waals surface area contributed by atoms with Gasteiger partial charge < -0.3 is 0 Å². The third-order valence-corrected chi connectivity index (χ3v) is 9.14. The van der Waals surface area contributed by atoms with Crippen LogP contribution in [0.1, 0.15) is 116 Å². The first-order valence-corrected chi connectivity index (χ1v) is 13.5. The number of unbranched alkanes of at least 4 members (excludes halogenated alkanes) is 1. The molecular weight excluding hydrogens is 395 g/mol. The Hall–Kier alpha value is 0.799. The first-order valence-electron chi connectivity index (χ1n) is 11.5. The van der Waals surface area contributed by atoms with Gasteiger partial charge in [-0.25, -0.2) is 0 Å². The van der Waals surface area contributed by atoms with Crippen LogP contribution in [-0.4, -0.2) is 22.5 Å². The van der Waals surface area contributed by atoms with Gasteiger partial charge in [-0.1, -0.05) is 0 Å². The summed E-state index contributed by atoms with van der Waals surface area (Å²) >= 11 is 1.76. The summed E-state index contributed by atoms with van der Waals surface area (Å²) in [6.07, 6.45) is 28.1. The molecule has 0 aromatic heterocycles. The molecule has 0 bridgehead atoms. The Labute approximate surface area is 165 Å². The van der Waals surface area contributed by atoms with Crippen molar-refractivity contribution in [2.24, 2.45) is 23.2 Å². The second-order valence-electron chi connectivity index (χ2n) is 9.32. The Morgan fingerprint density at radius 1 is 0.542 bits per heavy atom. The molecule has 3 saturated carbocycles. The fourth-order valence-electron chi connectivity index (χ4n) is 7.09. The Kier molecular flexibility index (Phi) is 8.32. The van der Waals surface area contributed by atoms with Crippen LogP contribution < -0.4 is 0 Å². The van der Waals surface area contributed by atoms with Crippen LogP contribution in [0.4, 0.5) is 0 Å². The maximum absolute atomic E-state index is 1.76. The summed E-state index contributed by atoms with van der Waals surface area (Å²) in [7, 11) is 0. The molecule has 0 aliphatic heterocycles. The van der Waals surface area contributed by atoms with Gasteiger partial charge in [0.2, 0.25) is 0 Å². The van der Waals surface area contributed by atoms with Gasteiger partial charge in [-0.3, -0.25) is 0 Å². The fourth-order valence-corrected chi connectivity index (χ4v) is 7.80. The van der Waals surface area contributed by atoms with Crippen LogP contribution in [0.3, 0.4) is 0 Å². The molecule has 1 heteroatoms. The van der Waals surface area contributed by atoms with E-state index in [4.69, 9.17) is 0 Å². The standard InChI is InChI=1S/C23H41.Sn/c1-2-3-19-23(20-13-7-4-8-14-20,21-15-9-5-10-16-21)22-17-11-6-12-18-22;/h20-22H,1-19H2;. The van der Waals surface area contributed by atoms with Gasteiger partial charge in [0, 0.05) is 0 Å². The Bertz CT molecular complexity index is 286. The van der Waals surface area contributed by atoms with E-state index in [0.717, 1.165) is 23.2 Å². The summed E-state index contributed by atoms with van der Waals surface area (Å²) in [5.74, 6) is 3.30. The van der Waals surface area contributed by atoms with E-state index in [9.17, 15) is 0 Å². The van der Waals surface area contributed by atoms with Crippen molar-refractivity contribution in [3.63, 3.8) is 0 Å². The van der Waals surface area contributed by atoms with Crippen molar-refractivity contribution in [3.05, 3.63) is 0 Å². The first kappa shape index (κ1) is 19.6. The summed E-state index contributed by atoms with van der Waals surface area (Å²) in [5, 5.41) is 0. The molecule has 0 amide bonds. The zero-order chi connectivity index (χ0) is 16.7. The van der Waals surface area contributed by atoms with E-state index < -0.39 is 0 Å². The molecule has 0 saturated heterocycles. The predicted octanol–water partition coefficient (Wildman–Crippen LogP) is 7.47. The SMILES string of the molecule is [Sn][CH2]CCCC(C1CCCCC1)(C1CCCCC1)C1CCCCC1. The van der Waals surface area contributed by atoms with E-state index in [1.807, 2.05) is 0 Å². The average Bonchev–Trinajstić information content (AvgIpc) is 2.68. The predicted molar refractivity (Wildman–Crippen MR) is 107 cm³/mol. The Balaban J connectivity index is 1.86. The zero-order valence-electron chi connectivity index (χ0n) is 16.2. The van der Waals surface area contributed by atoms with E-state index in [2.05, 4.69) is 0 Å². The van der Waals surface area contributed by atoms with E-state index >= 15 is 0 Å². The first-order chi connectivity index (χ1) is 11.9. The van der Waals surface area contributed by atoms with Gasteiger partial charge in [0.25, 0.3) is 0 Å². The molecule has 0 heterocycles. The third-order valence-electron chi connectivity index (χ3n) is 8.13. The molecule has 0 spiro atoms. The molecule has 0 aromatic carbocycles. The number of hydrogen-bond acceptors (Lipinski definition) is 0. The molecule has 3 aliphatic carbocycles. The Morgan fingerprint density at radius 2 is 0.917 bits per heavy atom. The van der Waals surface area contributed by atoms with E-state index in [1.54, 1.807) is 112 Å². The molecule has 0 atom stereocenters. The second kappa shape index (κ2) is 10.2. The average molecular weight is 436 g/mol. The second-order valence-corrected chi connectivity index (χ2v) is 10.8. The monoisotopic (exact) mass is 437 g/mol. The van der Waals surface area contributed by atoms with E-state index in [-0.39, 0.29) is 0 Å². The van der Waals surface area contributed by atoms with E-state index in [1.165, 1.54) is 30.1 Å². The molecule has 0 aromatic rings. The third kappa shape index (κ3) is 4.55. The van der Waals surface area contributed by atoms with Crippen LogP contribution in [0.25, 0.3) is 0 Å². The van der Waals surface area contributed by atoms with Crippen molar-refractivity contribution in [1.82, 2.24) is 0 Å². The van der Waals surface area contributed by atoms with Crippen LogP contribution in [0, 0.1) is 23.2 Å². The molecule has 3 radical (unpaired) electrons. The minimum absolute atomic E-state index is 0.770. The molecule has 3 fully saturated rings. The molecule has 3 rings (SSSR count). The van der Waals surface area contributed by atoms with Gasteiger partial charge in [0.05, 0.1) is 0 Å². The molecule has 24 heavy (non-hydrogen) atoms. The maximum atomic E-state index is 1.76. The molecule has 0 N–H and O–H groups in total. The topological polar surface area (TPSA) is 0 Å². The van der Waals surface area contributed by atoms with Gasteiger partial charge in [-0.05, 0) is 0 Å². The van der Waals surface area contributed by atoms with Crippen molar-refractivity contribution in [2.75, 3.05) is 0 Å². The van der Waals surface area contributed by atoms with Crippen LogP contribution in [0.5, 0.6) is 0 Å². The van der Waals surface area contributed by atoms with Crippen LogP contribution in [0.2, 0.25) is 4.44 Å². The van der Waals surface area contributed by atoms with Crippen molar-refractivity contribution in [1.29, 1.82) is 0 Å². The van der Waals surface area contributed by atoms with Crippen LogP contribution in [-0.2, 0) is 0 Å². The van der Waals surface area contributed by atoms with Crippen LogP contribution >= 0.6 is 0 Å². The molecule has 0 nitrogen and oxygen atoms in total. The number of hydrogen-bond donors (Lipinski definition) is 0. The number of rotatable bonds is 7. The Morgan fingerprint density at radius 3 is 1.25 bits per heavy atom. The summed E-state index contributed by atoms with van der Waals surface area (Å²) in [6.45, 7) is 0. The fraction of sp³-hybridized carbons (Fsp3) is 1.00. The van der Waals surface area contributed by atoms with E-state index in [0.29, 0.717) is 0 Å². The van der Waals surface area contributed by atoms with Crippen molar-refractivity contribution in [2.45, 2.75) is 120 Å². The molecule has 3 aliphatic rings. The molecule has 137 valence electrons. The van der Waals surface area contributed by atoms with Gasteiger partial charge in [0.15, 0.2) is 0 Å². The normalized spacial score (nSPS) is 25.9. The summed E-state index contributed by atoms with van der Waals surface area (Å²) in [6, 6.07) is 0. The zero-order valence-corrected chi connectivity index (χ0v) is 19.0. The van der Waals surface area contributed by atoms with Crippen molar-refractivity contribution in [3.8, 4) is 0 Å². The van der Waals surface area contributed by atoms with Gasteiger partial charge in [-0.2, -0.15) is 0 Å². The summed E-state index contributed by atoms with van der Waals surface area (Å²) in [5.41, 5.74) is 0.770. The minimum atomic E-state index is 0.770.